The van der Waals surface area contributed by atoms with E-state index in [2.05, 4.69) is 31.3 Å². The molecule has 0 bridgehead atoms. The van der Waals surface area contributed by atoms with E-state index in [1.54, 1.807) is 16.7 Å². The lowest BCUT2D eigenvalue weighted by Crippen LogP contribution is -2.38. The molecule has 0 amide bonds. The predicted octanol–water partition coefficient (Wildman–Crippen LogP) is 2.91. The number of rotatable bonds is 1. The molecule has 0 saturated carbocycles. The van der Waals surface area contributed by atoms with Crippen LogP contribution in [-0.4, -0.2) is 6.04 Å². The Hall–Kier alpha value is -0.820. The van der Waals surface area contributed by atoms with Crippen LogP contribution in [-0.2, 0) is 13.0 Å². The van der Waals surface area contributed by atoms with Gasteiger partial charge in [0, 0.05) is 18.5 Å². The van der Waals surface area contributed by atoms with Gasteiger partial charge in [-0.15, -0.1) is 0 Å². The topological polar surface area (TPSA) is 12.0 Å². The molecule has 1 N–H and O–H groups in total. The normalized spacial score (nSPS) is 27.9. The quantitative estimate of drug-likeness (QED) is 0.736. The predicted molar refractivity (Wildman–Crippen MR) is 63.2 cm³/mol. The molecule has 0 saturated heterocycles. The summed E-state index contributed by atoms with van der Waals surface area (Å²) in [6.07, 6.45) is 3.92. The van der Waals surface area contributed by atoms with Gasteiger partial charge < -0.3 is 5.32 Å². The minimum absolute atomic E-state index is 0.723. The monoisotopic (exact) mass is 201 g/mol. The van der Waals surface area contributed by atoms with Crippen LogP contribution in [0.25, 0.3) is 0 Å². The van der Waals surface area contributed by atoms with Crippen molar-refractivity contribution in [2.45, 2.75) is 51.6 Å². The van der Waals surface area contributed by atoms with Crippen LogP contribution in [0.5, 0.6) is 0 Å². The van der Waals surface area contributed by atoms with Crippen molar-refractivity contribution in [1.82, 2.24) is 5.32 Å². The molecule has 0 radical (unpaired) electrons. The number of benzene rings is 1. The average Bonchev–Trinajstić information content (AvgIpc) is 2.69. The molecule has 0 aromatic heterocycles. The lowest BCUT2D eigenvalue weighted by Gasteiger charge is -2.32. The summed E-state index contributed by atoms with van der Waals surface area (Å²) in [4.78, 5) is 0. The van der Waals surface area contributed by atoms with Gasteiger partial charge in [-0.25, -0.2) is 0 Å². The molecular formula is C14H19N. The molecule has 1 nitrogen and oxygen atoms in total. The largest absolute Gasteiger partial charge is 0.309 e. The summed E-state index contributed by atoms with van der Waals surface area (Å²) in [6, 6.07) is 5.37. The fourth-order valence-electron chi connectivity index (χ4n) is 3.40. The average molecular weight is 201 g/mol. The van der Waals surface area contributed by atoms with Crippen molar-refractivity contribution in [2.24, 2.45) is 0 Å². The van der Waals surface area contributed by atoms with Gasteiger partial charge >= 0.3 is 0 Å². The van der Waals surface area contributed by atoms with E-state index in [4.69, 9.17) is 0 Å². The number of nitrogens with one attached hydrogen (secondary N) is 1. The second-order valence-corrected chi connectivity index (χ2v) is 4.97. The highest BCUT2D eigenvalue weighted by Gasteiger charge is 2.34. The Morgan fingerprint density at radius 2 is 2.27 bits per heavy atom. The van der Waals surface area contributed by atoms with Crippen molar-refractivity contribution in [2.75, 3.05) is 0 Å². The van der Waals surface area contributed by atoms with Gasteiger partial charge in [-0.3, -0.25) is 0 Å². The van der Waals surface area contributed by atoms with Crippen molar-refractivity contribution in [3.05, 3.63) is 34.4 Å². The van der Waals surface area contributed by atoms with Gasteiger partial charge in [0.25, 0.3) is 0 Å². The van der Waals surface area contributed by atoms with E-state index in [1.807, 2.05) is 0 Å². The molecule has 15 heavy (non-hydrogen) atoms. The van der Waals surface area contributed by atoms with Crippen LogP contribution in [0.1, 0.15) is 47.9 Å². The minimum Gasteiger partial charge on any atom is -0.309 e. The summed E-state index contributed by atoms with van der Waals surface area (Å²) < 4.78 is 0. The van der Waals surface area contributed by atoms with Crippen molar-refractivity contribution < 1.29 is 0 Å². The molecule has 1 heteroatoms. The van der Waals surface area contributed by atoms with Crippen molar-refractivity contribution >= 4 is 0 Å². The Balaban J connectivity index is 2.14. The van der Waals surface area contributed by atoms with Gasteiger partial charge in [-0.05, 0) is 48.4 Å². The Bertz CT molecular complexity index is 395. The third-order valence-electron chi connectivity index (χ3n) is 4.24. The smallest absolute Gasteiger partial charge is 0.0213 e. The highest BCUT2D eigenvalue weighted by molar-refractivity contribution is 5.48. The summed E-state index contributed by atoms with van der Waals surface area (Å²) in [5, 5.41) is 3.70. The standard InChI is InChI=1S/C14H19N/c1-3-13-11-7-6-10-5-4-9(2)12(8-15-13)14(10)11/h4-5,11,13,15H,3,6-8H2,1-2H3. The van der Waals surface area contributed by atoms with Crippen molar-refractivity contribution in [3.63, 3.8) is 0 Å². The van der Waals surface area contributed by atoms with E-state index in [1.165, 1.54) is 24.8 Å². The molecule has 1 aromatic carbocycles. The molecule has 3 rings (SSSR count). The summed E-state index contributed by atoms with van der Waals surface area (Å²) in [5.74, 6) is 0.800. The number of hydrogen-bond donors (Lipinski definition) is 1. The zero-order valence-electron chi connectivity index (χ0n) is 9.64. The van der Waals surface area contributed by atoms with Crippen LogP contribution in [0.2, 0.25) is 0 Å². The summed E-state index contributed by atoms with van der Waals surface area (Å²) >= 11 is 0. The van der Waals surface area contributed by atoms with E-state index in [0.29, 0.717) is 0 Å². The van der Waals surface area contributed by atoms with Gasteiger partial charge in [-0.1, -0.05) is 19.1 Å². The lowest BCUT2D eigenvalue weighted by atomic mass is 9.83. The Labute approximate surface area is 91.9 Å². The summed E-state index contributed by atoms with van der Waals surface area (Å²) in [6.45, 7) is 5.64. The molecule has 0 fully saturated rings. The minimum atomic E-state index is 0.723. The second-order valence-electron chi connectivity index (χ2n) is 4.97. The maximum atomic E-state index is 3.70. The van der Waals surface area contributed by atoms with Crippen LogP contribution in [0, 0.1) is 6.92 Å². The van der Waals surface area contributed by atoms with E-state index < -0.39 is 0 Å². The first-order valence-electron chi connectivity index (χ1n) is 6.16. The second kappa shape index (κ2) is 3.34. The summed E-state index contributed by atoms with van der Waals surface area (Å²) in [7, 11) is 0. The lowest BCUT2D eigenvalue weighted by molar-refractivity contribution is 0.391. The molecule has 2 aliphatic rings. The van der Waals surface area contributed by atoms with Gasteiger partial charge in [-0.2, -0.15) is 0 Å². The van der Waals surface area contributed by atoms with Crippen molar-refractivity contribution in [1.29, 1.82) is 0 Å². The molecule has 80 valence electrons. The van der Waals surface area contributed by atoms with Crippen LogP contribution < -0.4 is 5.32 Å². The van der Waals surface area contributed by atoms with Crippen LogP contribution in [0.3, 0.4) is 0 Å². The molecule has 1 heterocycles. The SMILES string of the molecule is CCC1NCc2c(C)ccc3c2C1CC3. The molecule has 1 aliphatic heterocycles. The molecule has 2 atom stereocenters. The van der Waals surface area contributed by atoms with E-state index >= 15 is 0 Å². The highest BCUT2D eigenvalue weighted by Crippen LogP contribution is 2.42. The van der Waals surface area contributed by atoms with Gasteiger partial charge in [0.1, 0.15) is 0 Å². The van der Waals surface area contributed by atoms with Crippen LogP contribution in [0.15, 0.2) is 12.1 Å². The van der Waals surface area contributed by atoms with Crippen molar-refractivity contribution in [3.8, 4) is 0 Å². The fraction of sp³-hybridized carbons (Fsp3) is 0.571. The zero-order chi connectivity index (χ0) is 10.4. The summed E-state index contributed by atoms with van der Waals surface area (Å²) in [5.41, 5.74) is 6.41. The maximum absolute atomic E-state index is 3.70. The zero-order valence-corrected chi connectivity index (χ0v) is 9.64. The van der Waals surface area contributed by atoms with Gasteiger partial charge in [0.15, 0.2) is 0 Å². The first kappa shape index (κ1) is 9.41. The Morgan fingerprint density at radius 3 is 3.07 bits per heavy atom. The van der Waals surface area contributed by atoms with E-state index in [-0.39, 0.29) is 0 Å². The third kappa shape index (κ3) is 1.26. The van der Waals surface area contributed by atoms with Gasteiger partial charge in [0.2, 0.25) is 0 Å². The Kier molecular flexibility index (Phi) is 2.10. The number of aryl methyl sites for hydroxylation is 2. The first-order chi connectivity index (χ1) is 7.31. The highest BCUT2D eigenvalue weighted by atomic mass is 14.9. The van der Waals surface area contributed by atoms with Gasteiger partial charge in [0.05, 0.1) is 0 Å². The van der Waals surface area contributed by atoms with E-state index in [0.717, 1.165) is 18.5 Å². The maximum Gasteiger partial charge on any atom is 0.0213 e. The first-order valence-corrected chi connectivity index (χ1v) is 6.16. The molecule has 0 spiro atoms. The Morgan fingerprint density at radius 1 is 1.40 bits per heavy atom. The molecule has 2 unspecified atom stereocenters. The molecular weight excluding hydrogens is 182 g/mol. The fourth-order valence-corrected chi connectivity index (χ4v) is 3.40. The third-order valence-corrected chi connectivity index (χ3v) is 4.24. The van der Waals surface area contributed by atoms with E-state index in [9.17, 15) is 0 Å². The molecule has 1 aromatic rings. The number of hydrogen-bond acceptors (Lipinski definition) is 1. The van der Waals surface area contributed by atoms with Crippen LogP contribution in [0.4, 0.5) is 0 Å². The molecule has 1 aliphatic carbocycles. The van der Waals surface area contributed by atoms with Crippen LogP contribution >= 0.6 is 0 Å².